The molecule has 0 spiro atoms. The van der Waals surface area contributed by atoms with Gasteiger partial charge in [-0.3, -0.25) is 0 Å². The van der Waals surface area contributed by atoms with Crippen LogP contribution in [0.1, 0.15) is 33.3 Å². The summed E-state index contributed by atoms with van der Waals surface area (Å²) in [4.78, 5) is 0. The molecule has 0 unspecified atom stereocenters. The maximum absolute atomic E-state index is 6.87. The average Bonchev–Trinajstić information content (AvgIpc) is 2.93. The summed E-state index contributed by atoms with van der Waals surface area (Å²) in [7, 11) is -2.81. The minimum Gasteiger partial charge on any atom is -0.354 e. The lowest BCUT2D eigenvalue weighted by atomic mass is 9.87. The number of halogens is 2. The molecule has 198 valence electrons. The molecule has 0 bridgehead atoms. The van der Waals surface area contributed by atoms with E-state index in [0.29, 0.717) is 10.0 Å². The predicted molar refractivity (Wildman–Crippen MR) is 176 cm³/mol. The minimum atomic E-state index is -2.81. The molecule has 1 nitrogen and oxygen atoms in total. The average molecular weight is 569 g/mol. The Labute approximate surface area is 244 Å². The number of nitrogens with one attached hydrogen (secondary N) is 1. The molecule has 0 amide bonds. The molecule has 0 saturated heterocycles. The Kier molecular flexibility index (Phi) is 9.02. The molecule has 4 aromatic rings. The summed E-state index contributed by atoms with van der Waals surface area (Å²) in [5, 5.41) is 9.17. The van der Waals surface area contributed by atoms with Crippen molar-refractivity contribution in [2.24, 2.45) is 0 Å². The number of hydrogen-bond acceptors (Lipinski definition) is 1. The fourth-order valence-electron chi connectivity index (χ4n) is 4.95. The van der Waals surface area contributed by atoms with Crippen LogP contribution in [0.2, 0.25) is 10.0 Å². The Morgan fingerprint density at radius 3 is 1.85 bits per heavy atom. The first-order chi connectivity index (χ1) is 18.7. The second kappa shape index (κ2) is 12.3. The van der Waals surface area contributed by atoms with Gasteiger partial charge in [-0.05, 0) is 57.7 Å². The van der Waals surface area contributed by atoms with Crippen LogP contribution in [0.5, 0.6) is 0 Å². The molecule has 0 aromatic heterocycles. The molecule has 0 fully saturated rings. The third kappa shape index (κ3) is 6.14. The van der Waals surface area contributed by atoms with Gasteiger partial charge in [0, 0.05) is 5.69 Å². The zero-order valence-electron chi connectivity index (χ0n) is 23.0. The van der Waals surface area contributed by atoms with Crippen LogP contribution in [-0.2, 0) is 5.41 Å². The Morgan fingerprint density at radius 1 is 0.769 bits per heavy atom. The van der Waals surface area contributed by atoms with Crippen LogP contribution >= 0.6 is 23.2 Å². The van der Waals surface area contributed by atoms with E-state index in [2.05, 4.69) is 136 Å². The predicted octanol–water partition coefficient (Wildman–Crippen LogP) is 8.73. The Balaban J connectivity index is 1.95. The van der Waals surface area contributed by atoms with E-state index in [1.54, 1.807) is 0 Å². The van der Waals surface area contributed by atoms with Crippen molar-refractivity contribution in [2.45, 2.75) is 33.1 Å². The number of allylic oxidation sites excluding steroid dienone is 5. The van der Waals surface area contributed by atoms with E-state index in [9.17, 15) is 0 Å². The van der Waals surface area contributed by atoms with Crippen LogP contribution in [0.4, 0.5) is 11.4 Å². The van der Waals surface area contributed by atoms with Crippen LogP contribution in [0.15, 0.2) is 133 Å². The van der Waals surface area contributed by atoms with E-state index in [1.807, 2.05) is 25.1 Å². The molecule has 39 heavy (non-hydrogen) atoms. The van der Waals surface area contributed by atoms with E-state index in [0.717, 1.165) is 21.8 Å². The van der Waals surface area contributed by atoms with E-state index in [4.69, 9.17) is 23.2 Å². The molecule has 0 radical (unpaired) electrons. The summed E-state index contributed by atoms with van der Waals surface area (Å²) in [5.74, 6) is 0. The highest BCUT2D eigenvalue weighted by Gasteiger charge is 2.42. The molecule has 1 N–H and O–H groups in total. The first-order valence-electron chi connectivity index (χ1n) is 13.1. The van der Waals surface area contributed by atoms with Gasteiger partial charge in [-0.15, -0.1) is 0 Å². The number of anilines is 2. The van der Waals surface area contributed by atoms with Crippen molar-refractivity contribution < 1.29 is 0 Å². The van der Waals surface area contributed by atoms with E-state index >= 15 is 0 Å². The maximum Gasteiger partial charge on any atom is 0.179 e. The molecule has 4 heteroatoms. The van der Waals surface area contributed by atoms with Crippen LogP contribution in [0.3, 0.4) is 0 Å². The highest BCUT2D eigenvalue weighted by Crippen LogP contribution is 2.34. The molecule has 0 heterocycles. The number of hydrogen-bond donors (Lipinski definition) is 1. The van der Waals surface area contributed by atoms with Gasteiger partial charge in [0.15, 0.2) is 8.07 Å². The smallest absolute Gasteiger partial charge is 0.179 e. The number of benzene rings is 4. The Hall–Kier alpha value is -3.30. The minimum absolute atomic E-state index is 0.0802. The van der Waals surface area contributed by atoms with Gasteiger partial charge in [-0.1, -0.05) is 153 Å². The second-order valence-electron chi connectivity index (χ2n) is 10.7. The normalized spacial score (nSPS) is 12.3. The van der Waals surface area contributed by atoms with Crippen LogP contribution in [-0.4, -0.2) is 8.07 Å². The molecule has 4 aromatic carbocycles. The van der Waals surface area contributed by atoms with Gasteiger partial charge < -0.3 is 5.32 Å². The van der Waals surface area contributed by atoms with Crippen LogP contribution < -0.4 is 20.9 Å². The maximum atomic E-state index is 6.87. The second-order valence-corrected chi connectivity index (χ2v) is 15.3. The highest BCUT2D eigenvalue weighted by molar-refractivity contribution is 7.16. The quantitative estimate of drug-likeness (QED) is 0.127. The number of rotatable bonds is 8. The van der Waals surface area contributed by atoms with Crippen molar-refractivity contribution in [3.8, 4) is 0 Å². The zero-order chi connectivity index (χ0) is 28.0. The summed E-state index contributed by atoms with van der Waals surface area (Å²) in [6, 6.07) is 34.0. The molecule has 0 aliphatic carbocycles. The van der Waals surface area contributed by atoms with E-state index < -0.39 is 8.07 Å². The standard InChI is InChI=1S/C35H35Cl2NSi/c1-6-7-10-15-26(2)39(29-16-11-8-12-17-29,30-18-13-9-14-19-30)31-24-32(36)34(37)33(25-31)38-28-22-20-27(21-23-28)35(3,4)5/h6-25,38H,2H2,1,3-5H3/b7-6-,15-10-. The summed E-state index contributed by atoms with van der Waals surface area (Å²) in [6.45, 7) is 13.3. The molecular weight excluding hydrogens is 533 g/mol. The van der Waals surface area contributed by atoms with Crippen molar-refractivity contribution in [3.05, 3.63) is 149 Å². The Bertz CT molecular complexity index is 1440. The fourth-order valence-corrected chi connectivity index (χ4v) is 9.98. The van der Waals surface area contributed by atoms with Gasteiger partial charge in [0.2, 0.25) is 0 Å². The molecular formula is C35H35Cl2NSi. The Morgan fingerprint density at radius 2 is 1.33 bits per heavy atom. The van der Waals surface area contributed by atoms with Crippen molar-refractivity contribution in [3.63, 3.8) is 0 Å². The van der Waals surface area contributed by atoms with Crippen LogP contribution in [0.25, 0.3) is 0 Å². The summed E-state index contributed by atoms with van der Waals surface area (Å²) in [5.41, 5.74) is 3.08. The van der Waals surface area contributed by atoms with Crippen molar-refractivity contribution in [2.75, 3.05) is 5.32 Å². The lowest BCUT2D eigenvalue weighted by molar-refractivity contribution is 0.590. The monoisotopic (exact) mass is 567 g/mol. The first-order valence-corrected chi connectivity index (χ1v) is 15.9. The molecule has 0 aliphatic heterocycles. The summed E-state index contributed by atoms with van der Waals surface area (Å²) in [6.07, 6.45) is 8.24. The molecule has 0 atom stereocenters. The van der Waals surface area contributed by atoms with Crippen molar-refractivity contribution in [1.29, 1.82) is 0 Å². The first kappa shape index (κ1) is 28.7. The SMILES string of the molecule is C=C(/C=C\C=C/C)[Si](c1ccccc1)(c1ccccc1)c1cc(Cl)c(Cl)c(Nc2ccc(C(C)(C)C)cc2)c1. The lowest BCUT2D eigenvalue weighted by Crippen LogP contribution is -2.68. The van der Waals surface area contributed by atoms with Gasteiger partial charge >= 0.3 is 0 Å². The highest BCUT2D eigenvalue weighted by atomic mass is 35.5. The molecule has 0 saturated carbocycles. The van der Waals surface area contributed by atoms with Crippen molar-refractivity contribution in [1.82, 2.24) is 0 Å². The third-order valence-electron chi connectivity index (χ3n) is 6.99. The molecule has 4 rings (SSSR count). The van der Waals surface area contributed by atoms with Gasteiger partial charge in [0.25, 0.3) is 0 Å². The topological polar surface area (TPSA) is 12.0 Å². The fraction of sp³-hybridized carbons (Fsp3) is 0.143. The van der Waals surface area contributed by atoms with Gasteiger partial charge in [-0.25, -0.2) is 0 Å². The zero-order valence-corrected chi connectivity index (χ0v) is 25.5. The van der Waals surface area contributed by atoms with Crippen molar-refractivity contribution >= 4 is 58.2 Å². The van der Waals surface area contributed by atoms with Gasteiger partial charge in [0.05, 0.1) is 15.7 Å². The largest absolute Gasteiger partial charge is 0.354 e. The van der Waals surface area contributed by atoms with E-state index in [1.165, 1.54) is 15.9 Å². The third-order valence-corrected chi connectivity index (χ3v) is 12.5. The van der Waals surface area contributed by atoms with Crippen LogP contribution in [0, 0.1) is 0 Å². The molecule has 0 aliphatic rings. The van der Waals surface area contributed by atoms with Gasteiger partial charge in [-0.2, -0.15) is 0 Å². The lowest BCUT2D eigenvalue weighted by Gasteiger charge is -2.35. The van der Waals surface area contributed by atoms with E-state index in [-0.39, 0.29) is 5.41 Å². The van der Waals surface area contributed by atoms with Gasteiger partial charge in [0.1, 0.15) is 0 Å². The summed E-state index contributed by atoms with van der Waals surface area (Å²) >= 11 is 13.7. The summed E-state index contributed by atoms with van der Waals surface area (Å²) < 4.78 is 0.